The molecule has 30 heavy (non-hydrogen) atoms. The van der Waals surface area contributed by atoms with Gasteiger partial charge >= 0.3 is 0 Å². The van der Waals surface area contributed by atoms with Crippen molar-refractivity contribution in [2.75, 3.05) is 20.3 Å². The van der Waals surface area contributed by atoms with Crippen molar-refractivity contribution < 1.29 is 19.4 Å². The molecule has 5 rings (SSSR count). The van der Waals surface area contributed by atoms with Crippen molar-refractivity contribution in [3.05, 3.63) is 65.4 Å². The van der Waals surface area contributed by atoms with E-state index in [1.54, 1.807) is 19.2 Å². The first-order valence-corrected chi connectivity index (χ1v) is 10.1. The average molecular weight is 405 g/mol. The minimum absolute atomic E-state index is 0.0280. The van der Waals surface area contributed by atoms with Crippen molar-refractivity contribution >= 4 is 5.91 Å². The van der Waals surface area contributed by atoms with Crippen LogP contribution in [0.1, 0.15) is 40.5 Å². The summed E-state index contributed by atoms with van der Waals surface area (Å²) in [6, 6.07) is 14.4. The zero-order valence-electron chi connectivity index (χ0n) is 16.7. The number of aromatic nitrogens is 2. The van der Waals surface area contributed by atoms with Crippen LogP contribution < -0.4 is 4.74 Å². The van der Waals surface area contributed by atoms with E-state index in [9.17, 15) is 9.90 Å². The number of carbonyl (C=O) groups excluding carboxylic acids is 1. The van der Waals surface area contributed by atoms with Crippen LogP contribution in [0.3, 0.4) is 0 Å². The predicted octanol–water partition coefficient (Wildman–Crippen LogP) is 3.52. The third-order valence-corrected chi connectivity index (χ3v) is 5.88. The van der Waals surface area contributed by atoms with Crippen LogP contribution in [0.15, 0.2) is 48.5 Å². The Bertz CT molecular complexity index is 1070. The quantitative estimate of drug-likeness (QED) is 0.678. The van der Waals surface area contributed by atoms with Crippen molar-refractivity contribution in [1.29, 1.82) is 0 Å². The Balaban J connectivity index is 1.62. The van der Waals surface area contributed by atoms with Crippen molar-refractivity contribution in [1.82, 2.24) is 15.1 Å². The average Bonchev–Trinajstić information content (AvgIpc) is 3.49. The highest BCUT2D eigenvalue weighted by Crippen LogP contribution is 2.44. The SMILES string of the molecule is COc1ccc(C2c3c(-c4ccccc4O)n[nH]c3C(=O)N2CC2CCCO2)cc1. The number of benzene rings is 2. The van der Waals surface area contributed by atoms with E-state index in [4.69, 9.17) is 9.47 Å². The Labute approximate surface area is 174 Å². The Morgan fingerprint density at radius 3 is 2.73 bits per heavy atom. The van der Waals surface area contributed by atoms with Crippen LogP contribution in [0.5, 0.6) is 11.5 Å². The number of nitrogens with zero attached hydrogens (tertiary/aromatic N) is 2. The number of para-hydroxylation sites is 1. The third-order valence-electron chi connectivity index (χ3n) is 5.88. The fraction of sp³-hybridized carbons (Fsp3) is 0.304. The predicted molar refractivity (Wildman–Crippen MR) is 111 cm³/mol. The minimum Gasteiger partial charge on any atom is -0.507 e. The van der Waals surface area contributed by atoms with Crippen molar-refractivity contribution in [3.63, 3.8) is 0 Å². The van der Waals surface area contributed by atoms with E-state index < -0.39 is 0 Å². The lowest BCUT2D eigenvalue weighted by Crippen LogP contribution is -2.36. The van der Waals surface area contributed by atoms with Gasteiger partial charge in [-0.05, 0) is 42.7 Å². The monoisotopic (exact) mass is 405 g/mol. The number of hydrogen-bond acceptors (Lipinski definition) is 5. The molecule has 1 aromatic heterocycles. The number of phenols is 1. The minimum atomic E-state index is -0.323. The number of nitrogens with one attached hydrogen (secondary N) is 1. The number of fused-ring (bicyclic) bond motifs is 1. The zero-order chi connectivity index (χ0) is 20.7. The number of H-pyrrole nitrogens is 1. The Morgan fingerprint density at radius 1 is 1.23 bits per heavy atom. The van der Waals surface area contributed by atoms with Gasteiger partial charge in [0.2, 0.25) is 0 Å². The summed E-state index contributed by atoms with van der Waals surface area (Å²) >= 11 is 0. The van der Waals surface area contributed by atoms with Gasteiger partial charge in [-0.3, -0.25) is 9.89 Å². The van der Waals surface area contributed by atoms with E-state index in [1.807, 2.05) is 41.3 Å². The first kappa shape index (κ1) is 18.7. The van der Waals surface area contributed by atoms with Crippen LogP contribution in [0.25, 0.3) is 11.3 Å². The molecule has 2 atom stereocenters. The van der Waals surface area contributed by atoms with Gasteiger partial charge < -0.3 is 19.5 Å². The van der Waals surface area contributed by atoms with Gasteiger partial charge in [0.25, 0.3) is 5.91 Å². The second-order valence-corrected chi connectivity index (χ2v) is 7.65. The van der Waals surface area contributed by atoms with E-state index in [0.717, 1.165) is 36.3 Å². The molecule has 2 N–H and O–H groups in total. The number of methoxy groups -OCH3 is 1. The van der Waals surface area contributed by atoms with Crippen molar-refractivity contribution in [2.24, 2.45) is 0 Å². The lowest BCUT2D eigenvalue weighted by Gasteiger charge is -2.28. The summed E-state index contributed by atoms with van der Waals surface area (Å²) in [6.07, 6.45) is 1.98. The molecule has 1 saturated heterocycles. The summed E-state index contributed by atoms with van der Waals surface area (Å²) in [5.74, 6) is 0.780. The number of aromatic amines is 1. The van der Waals surface area contributed by atoms with Crippen LogP contribution in [0.2, 0.25) is 0 Å². The summed E-state index contributed by atoms with van der Waals surface area (Å²) in [6.45, 7) is 1.24. The highest BCUT2D eigenvalue weighted by Gasteiger charge is 2.43. The van der Waals surface area contributed by atoms with Gasteiger partial charge in [-0.15, -0.1) is 0 Å². The van der Waals surface area contributed by atoms with Gasteiger partial charge in [-0.25, -0.2) is 0 Å². The molecule has 3 heterocycles. The van der Waals surface area contributed by atoms with E-state index >= 15 is 0 Å². The normalized spacial score (nSPS) is 20.6. The lowest BCUT2D eigenvalue weighted by molar-refractivity contribution is 0.0495. The second-order valence-electron chi connectivity index (χ2n) is 7.65. The first-order valence-electron chi connectivity index (χ1n) is 10.1. The van der Waals surface area contributed by atoms with Gasteiger partial charge in [0.15, 0.2) is 0 Å². The molecule has 2 aliphatic rings. The lowest BCUT2D eigenvalue weighted by atomic mass is 9.95. The fourth-order valence-corrected chi connectivity index (χ4v) is 4.40. The topological polar surface area (TPSA) is 87.7 Å². The molecular weight excluding hydrogens is 382 g/mol. The number of phenolic OH excluding ortho intramolecular Hbond substituents is 1. The number of aromatic hydroxyl groups is 1. The first-order chi connectivity index (χ1) is 14.7. The maximum Gasteiger partial charge on any atom is 0.273 e. The number of carbonyl (C=O) groups is 1. The van der Waals surface area contributed by atoms with Gasteiger partial charge in [0.05, 0.1) is 19.3 Å². The Hall–Kier alpha value is -3.32. The fourth-order valence-electron chi connectivity index (χ4n) is 4.40. The highest BCUT2D eigenvalue weighted by molar-refractivity contribution is 6.00. The van der Waals surface area contributed by atoms with Crippen LogP contribution in [-0.4, -0.2) is 52.5 Å². The summed E-state index contributed by atoms with van der Waals surface area (Å²) in [7, 11) is 1.63. The smallest absolute Gasteiger partial charge is 0.273 e. The third kappa shape index (κ3) is 3.02. The molecule has 0 aliphatic carbocycles. The maximum atomic E-state index is 13.3. The molecule has 0 spiro atoms. The molecule has 2 aromatic carbocycles. The number of rotatable bonds is 5. The number of ether oxygens (including phenoxy) is 2. The zero-order valence-corrected chi connectivity index (χ0v) is 16.7. The van der Waals surface area contributed by atoms with Gasteiger partial charge in [-0.2, -0.15) is 5.10 Å². The summed E-state index contributed by atoms with van der Waals surface area (Å²) in [5.41, 5.74) is 3.39. The highest BCUT2D eigenvalue weighted by atomic mass is 16.5. The molecule has 0 saturated carbocycles. The molecule has 7 nitrogen and oxygen atoms in total. The summed E-state index contributed by atoms with van der Waals surface area (Å²) in [5, 5.41) is 17.7. The second kappa shape index (κ2) is 7.50. The van der Waals surface area contributed by atoms with Crippen molar-refractivity contribution in [3.8, 4) is 22.8 Å². The van der Waals surface area contributed by atoms with Crippen molar-refractivity contribution in [2.45, 2.75) is 25.0 Å². The molecule has 0 radical (unpaired) electrons. The molecular formula is C23H23N3O4. The van der Waals surface area contributed by atoms with Gasteiger partial charge in [0.1, 0.15) is 22.9 Å². The number of hydrogen-bond donors (Lipinski definition) is 2. The van der Waals surface area contributed by atoms with Crippen LogP contribution in [0, 0.1) is 0 Å². The summed E-state index contributed by atoms with van der Waals surface area (Å²) < 4.78 is 11.1. The number of amides is 1. The maximum absolute atomic E-state index is 13.3. The standard InChI is InChI=1S/C23H23N3O4/c1-29-15-10-8-14(9-11-15)22-19-20(17-6-2-3-7-18(17)27)24-25-21(19)23(28)26(22)13-16-5-4-12-30-16/h2-3,6-11,16,22,27H,4-5,12-13H2,1H3,(H,24,25). The van der Waals surface area contributed by atoms with E-state index in [-0.39, 0.29) is 23.8 Å². The molecule has 3 aromatic rings. The molecule has 7 heteroatoms. The van der Waals surface area contributed by atoms with Crippen LogP contribution in [0.4, 0.5) is 0 Å². The van der Waals surface area contributed by atoms with E-state index in [0.29, 0.717) is 23.5 Å². The molecule has 1 amide bonds. The van der Waals surface area contributed by atoms with Gasteiger partial charge in [0, 0.05) is 24.3 Å². The summed E-state index contributed by atoms with van der Waals surface area (Å²) in [4.78, 5) is 15.2. The molecule has 2 unspecified atom stereocenters. The van der Waals surface area contributed by atoms with E-state index in [2.05, 4.69) is 10.2 Å². The Morgan fingerprint density at radius 2 is 2.03 bits per heavy atom. The molecule has 2 aliphatic heterocycles. The largest absolute Gasteiger partial charge is 0.507 e. The molecule has 0 bridgehead atoms. The Kier molecular flexibility index (Phi) is 4.67. The van der Waals surface area contributed by atoms with Crippen LogP contribution >= 0.6 is 0 Å². The van der Waals surface area contributed by atoms with E-state index in [1.165, 1.54) is 0 Å². The van der Waals surface area contributed by atoms with Crippen LogP contribution in [-0.2, 0) is 4.74 Å². The van der Waals surface area contributed by atoms with Gasteiger partial charge in [-0.1, -0.05) is 24.3 Å². The molecule has 1 fully saturated rings. The molecule has 154 valence electrons.